The minimum Gasteiger partial charge on any atom is -0.396 e. The van der Waals surface area contributed by atoms with Gasteiger partial charge in [-0.1, -0.05) is 18.2 Å². The van der Waals surface area contributed by atoms with Gasteiger partial charge in [-0.3, -0.25) is 14.9 Å². The lowest BCUT2D eigenvalue weighted by Gasteiger charge is -2.29. The number of imide groups is 2. The van der Waals surface area contributed by atoms with Crippen LogP contribution in [0.4, 0.5) is 10.5 Å². The number of urea groups is 1. The molecule has 1 atom stereocenters. The number of amides is 4. The van der Waals surface area contributed by atoms with E-state index in [1.807, 2.05) is 0 Å². The van der Waals surface area contributed by atoms with Gasteiger partial charge in [-0.25, -0.2) is 9.69 Å². The zero-order valence-electron chi connectivity index (χ0n) is 12.0. The number of carbonyl (C=O) groups is 3. The predicted octanol–water partition coefficient (Wildman–Crippen LogP) is -0.655. The lowest BCUT2D eigenvalue weighted by molar-refractivity contribution is -0.610. The molecule has 0 unspecified atom stereocenters. The van der Waals surface area contributed by atoms with Gasteiger partial charge in [0.05, 0.1) is 12.2 Å². The second-order valence-electron chi connectivity index (χ2n) is 4.88. The molecular formula is C15H18N3O4+. The number of quaternary nitrogens is 1. The molecule has 1 aliphatic rings. The lowest BCUT2D eigenvalue weighted by Crippen LogP contribution is -2.85. The van der Waals surface area contributed by atoms with E-state index in [1.54, 1.807) is 35.6 Å². The summed E-state index contributed by atoms with van der Waals surface area (Å²) in [5, 5.41) is 12.6. The maximum atomic E-state index is 12.5. The van der Waals surface area contributed by atoms with Crippen LogP contribution in [0.1, 0.15) is 6.42 Å². The average Bonchev–Trinajstić information content (AvgIpc) is 2.48. The Kier molecular flexibility index (Phi) is 5.03. The summed E-state index contributed by atoms with van der Waals surface area (Å²) in [6, 6.07) is 7.62. The van der Waals surface area contributed by atoms with Crippen LogP contribution in [-0.2, 0) is 9.59 Å². The molecule has 1 saturated heterocycles. The molecule has 0 spiro atoms. The first-order valence-electron chi connectivity index (χ1n) is 6.93. The molecule has 4 N–H and O–H groups in total. The number of para-hydroxylation sites is 1. The van der Waals surface area contributed by atoms with E-state index in [0.29, 0.717) is 24.4 Å². The van der Waals surface area contributed by atoms with Crippen molar-refractivity contribution in [1.82, 2.24) is 5.32 Å². The predicted molar refractivity (Wildman–Crippen MR) is 78.6 cm³/mol. The van der Waals surface area contributed by atoms with Gasteiger partial charge in [0, 0.05) is 13.0 Å². The summed E-state index contributed by atoms with van der Waals surface area (Å²) in [5.41, 5.74) is 0.718. The monoisotopic (exact) mass is 304 g/mol. The number of nitrogens with one attached hydrogen (secondary N) is 1. The number of nitrogens with zero attached hydrogens (tertiary/aromatic N) is 1. The second kappa shape index (κ2) is 6.97. The van der Waals surface area contributed by atoms with Gasteiger partial charge in [0.1, 0.15) is 5.70 Å². The van der Waals surface area contributed by atoms with Crippen molar-refractivity contribution in [3.05, 3.63) is 42.6 Å². The van der Waals surface area contributed by atoms with Gasteiger partial charge in [-0.2, -0.15) is 0 Å². The fourth-order valence-corrected chi connectivity index (χ4v) is 2.22. The number of anilines is 1. The van der Waals surface area contributed by atoms with E-state index in [2.05, 4.69) is 11.9 Å². The van der Waals surface area contributed by atoms with Crippen LogP contribution in [0.3, 0.4) is 0 Å². The maximum absolute atomic E-state index is 12.5. The summed E-state index contributed by atoms with van der Waals surface area (Å²) in [6.45, 7) is 4.27. The van der Waals surface area contributed by atoms with Crippen molar-refractivity contribution in [2.45, 2.75) is 6.42 Å². The van der Waals surface area contributed by atoms with Crippen LogP contribution in [0.2, 0.25) is 0 Å². The summed E-state index contributed by atoms with van der Waals surface area (Å²) in [6.07, 6.45) is 0.517. The first kappa shape index (κ1) is 15.9. The third kappa shape index (κ3) is 3.21. The molecule has 116 valence electrons. The number of hydrogen-bond donors (Lipinski definition) is 3. The lowest BCUT2D eigenvalue weighted by atomic mass is 10.0. The molecule has 0 bridgehead atoms. The molecule has 7 heteroatoms. The van der Waals surface area contributed by atoms with Crippen molar-refractivity contribution in [3.8, 4) is 0 Å². The molecule has 0 aliphatic carbocycles. The van der Waals surface area contributed by atoms with Gasteiger partial charge in [0.25, 0.3) is 11.8 Å². The molecule has 22 heavy (non-hydrogen) atoms. The Bertz CT molecular complexity index is 600. The van der Waals surface area contributed by atoms with Crippen molar-refractivity contribution in [2.24, 2.45) is 5.92 Å². The Balaban J connectivity index is 2.21. The Morgan fingerprint density at radius 3 is 2.59 bits per heavy atom. The van der Waals surface area contributed by atoms with Crippen molar-refractivity contribution in [2.75, 3.05) is 18.1 Å². The normalized spacial score (nSPS) is 18.3. The van der Waals surface area contributed by atoms with Crippen molar-refractivity contribution >= 4 is 23.5 Å². The molecule has 1 fully saturated rings. The SMILES string of the molecule is C=C([NH2+]CCCO)[C@H]1C(=O)NC(=O)N(c2ccccc2)C1=O. The zero-order chi connectivity index (χ0) is 16.1. The first-order chi connectivity index (χ1) is 10.6. The van der Waals surface area contributed by atoms with Gasteiger partial charge in [0.15, 0.2) is 5.92 Å². The van der Waals surface area contributed by atoms with Gasteiger partial charge >= 0.3 is 6.03 Å². The van der Waals surface area contributed by atoms with E-state index in [4.69, 9.17) is 5.11 Å². The molecule has 0 aromatic heterocycles. The van der Waals surface area contributed by atoms with Gasteiger partial charge in [0.2, 0.25) is 0 Å². The van der Waals surface area contributed by atoms with E-state index < -0.39 is 23.8 Å². The summed E-state index contributed by atoms with van der Waals surface area (Å²) in [5.74, 6) is -2.42. The fraction of sp³-hybridized carbons (Fsp3) is 0.267. The van der Waals surface area contributed by atoms with Crippen LogP contribution >= 0.6 is 0 Å². The van der Waals surface area contributed by atoms with Crippen LogP contribution in [-0.4, -0.2) is 36.1 Å². The topological polar surface area (TPSA) is 103 Å². The minimum absolute atomic E-state index is 0.0171. The largest absolute Gasteiger partial charge is 0.396 e. The van der Waals surface area contributed by atoms with Gasteiger partial charge in [-0.05, 0) is 18.7 Å². The van der Waals surface area contributed by atoms with Crippen LogP contribution in [0.25, 0.3) is 0 Å². The van der Waals surface area contributed by atoms with E-state index in [1.165, 1.54) is 0 Å². The fourth-order valence-electron chi connectivity index (χ4n) is 2.22. The van der Waals surface area contributed by atoms with E-state index in [0.717, 1.165) is 4.90 Å². The third-order valence-electron chi connectivity index (χ3n) is 3.32. The number of barbiturate groups is 1. The molecule has 1 aromatic carbocycles. The molecule has 7 nitrogen and oxygen atoms in total. The molecule has 0 saturated carbocycles. The number of aliphatic hydroxyl groups excluding tert-OH is 1. The Hall–Kier alpha value is -2.51. The van der Waals surface area contributed by atoms with Crippen molar-refractivity contribution in [1.29, 1.82) is 0 Å². The summed E-state index contributed by atoms with van der Waals surface area (Å²) in [7, 11) is 0. The molecule has 0 radical (unpaired) electrons. The zero-order valence-corrected chi connectivity index (χ0v) is 12.0. The van der Waals surface area contributed by atoms with Crippen LogP contribution in [0.5, 0.6) is 0 Å². The minimum atomic E-state index is -1.13. The van der Waals surface area contributed by atoms with E-state index >= 15 is 0 Å². The molecule has 1 aliphatic heterocycles. The Labute approximate surface area is 127 Å². The number of aliphatic hydroxyl groups is 1. The first-order valence-corrected chi connectivity index (χ1v) is 6.93. The van der Waals surface area contributed by atoms with Gasteiger partial charge < -0.3 is 10.4 Å². The highest BCUT2D eigenvalue weighted by molar-refractivity contribution is 6.28. The molecule has 1 heterocycles. The Morgan fingerprint density at radius 1 is 1.27 bits per heavy atom. The quantitative estimate of drug-likeness (QED) is 0.480. The number of nitrogens with two attached hydrogens (primary N) is 1. The smallest absolute Gasteiger partial charge is 0.335 e. The summed E-state index contributed by atoms with van der Waals surface area (Å²) >= 11 is 0. The van der Waals surface area contributed by atoms with Crippen molar-refractivity contribution < 1.29 is 24.8 Å². The number of benzene rings is 1. The van der Waals surface area contributed by atoms with Gasteiger partial charge in [-0.15, -0.1) is 0 Å². The summed E-state index contributed by atoms with van der Waals surface area (Å²) < 4.78 is 0. The van der Waals surface area contributed by atoms with Crippen LogP contribution in [0.15, 0.2) is 42.6 Å². The van der Waals surface area contributed by atoms with Crippen LogP contribution < -0.4 is 15.5 Å². The molecule has 4 amide bonds. The highest BCUT2D eigenvalue weighted by atomic mass is 16.3. The molecule has 2 rings (SSSR count). The average molecular weight is 304 g/mol. The highest BCUT2D eigenvalue weighted by Gasteiger charge is 2.44. The van der Waals surface area contributed by atoms with E-state index in [-0.39, 0.29) is 6.61 Å². The number of rotatable bonds is 6. The second-order valence-corrected chi connectivity index (χ2v) is 4.88. The molecular weight excluding hydrogens is 286 g/mol. The highest BCUT2D eigenvalue weighted by Crippen LogP contribution is 2.21. The number of hydrogen-bond acceptors (Lipinski definition) is 4. The standard InChI is InChI=1S/C15H17N3O4/c1-10(16-8-5-9-19)12-13(20)17-15(22)18(14(12)21)11-6-3-2-4-7-11/h2-4,6-7,12,16,19H,1,5,8-9H2,(H,17,20,22)/p+1/t12-/m0/s1. The number of carbonyl (C=O) groups excluding carboxylic acids is 3. The summed E-state index contributed by atoms with van der Waals surface area (Å²) in [4.78, 5) is 37.4. The van der Waals surface area contributed by atoms with E-state index in [9.17, 15) is 14.4 Å². The third-order valence-corrected chi connectivity index (χ3v) is 3.32. The maximum Gasteiger partial charge on any atom is 0.335 e. The Morgan fingerprint density at radius 2 is 1.95 bits per heavy atom. The van der Waals surface area contributed by atoms with Crippen LogP contribution in [0, 0.1) is 5.92 Å². The van der Waals surface area contributed by atoms with Crippen molar-refractivity contribution in [3.63, 3.8) is 0 Å². The molecule has 1 aromatic rings.